The van der Waals surface area contributed by atoms with Crippen molar-refractivity contribution in [3.63, 3.8) is 0 Å². The summed E-state index contributed by atoms with van der Waals surface area (Å²) in [6.45, 7) is 2.34. The van der Waals surface area contributed by atoms with Crippen LogP contribution in [-0.2, 0) is 0 Å². The van der Waals surface area contributed by atoms with Gasteiger partial charge in [0.05, 0.1) is 0 Å². The summed E-state index contributed by atoms with van der Waals surface area (Å²) in [4.78, 5) is 0. The fraction of sp³-hybridized carbons (Fsp3) is 0.200. The number of allylic oxidation sites excluding steroid dienone is 3. The lowest BCUT2D eigenvalue weighted by atomic mass is 9.63. The third-order valence-electron chi connectivity index (χ3n) is 4.65. The van der Waals surface area contributed by atoms with Gasteiger partial charge in [0.1, 0.15) is 0 Å². The molecule has 2 aliphatic rings. The van der Waals surface area contributed by atoms with E-state index in [1.54, 1.807) is 5.57 Å². The van der Waals surface area contributed by atoms with Crippen LogP contribution in [0.3, 0.4) is 0 Å². The summed E-state index contributed by atoms with van der Waals surface area (Å²) in [7, 11) is 0. The van der Waals surface area contributed by atoms with Gasteiger partial charge < -0.3 is 0 Å². The molecule has 0 bridgehead atoms. The van der Waals surface area contributed by atoms with Crippen molar-refractivity contribution in [3.8, 4) is 0 Å². The van der Waals surface area contributed by atoms with Gasteiger partial charge in [-0.05, 0) is 40.7 Å². The highest BCUT2D eigenvalue weighted by Crippen LogP contribution is 2.52. The predicted molar refractivity (Wildman–Crippen MR) is 85.4 cm³/mol. The first kappa shape index (κ1) is 11.7. The van der Waals surface area contributed by atoms with E-state index in [9.17, 15) is 0 Å². The van der Waals surface area contributed by atoms with E-state index in [4.69, 9.17) is 0 Å². The van der Waals surface area contributed by atoms with Crippen LogP contribution in [0.2, 0.25) is 0 Å². The van der Waals surface area contributed by atoms with Gasteiger partial charge in [0.15, 0.2) is 0 Å². The first-order chi connectivity index (χ1) is 9.83. The summed E-state index contributed by atoms with van der Waals surface area (Å²) < 4.78 is 0. The average Bonchev–Trinajstić information content (AvgIpc) is 2.49. The zero-order valence-electron chi connectivity index (χ0n) is 11.7. The van der Waals surface area contributed by atoms with E-state index in [2.05, 4.69) is 73.7 Å². The number of hydrogen-bond acceptors (Lipinski definition) is 0. The van der Waals surface area contributed by atoms with Gasteiger partial charge in [0.25, 0.3) is 0 Å². The van der Waals surface area contributed by atoms with Gasteiger partial charge >= 0.3 is 0 Å². The fourth-order valence-electron chi connectivity index (χ4n) is 3.53. The smallest absolute Gasteiger partial charge is 0.00659 e. The Labute approximate surface area is 120 Å². The maximum absolute atomic E-state index is 2.42. The van der Waals surface area contributed by atoms with E-state index >= 15 is 0 Å². The highest BCUT2D eigenvalue weighted by molar-refractivity contribution is 5.91. The first-order valence-electron chi connectivity index (χ1n) is 7.40. The molecule has 2 aromatic rings. The van der Waals surface area contributed by atoms with E-state index < -0.39 is 0 Å². The summed E-state index contributed by atoms with van der Waals surface area (Å²) in [5.41, 5.74) is 7.19. The lowest BCUT2D eigenvalue weighted by molar-refractivity contribution is 0.418. The molecule has 2 unspecified atom stereocenters. The topological polar surface area (TPSA) is 0 Å². The number of hydrogen-bond donors (Lipinski definition) is 0. The second kappa shape index (κ2) is 4.49. The molecule has 0 aliphatic heterocycles. The monoisotopic (exact) mass is 258 g/mol. The Balaban J connectivity index is 1.86. The van der Waals surface area contributed by atoms with E-state index in [0.29, 0.717) is 5.92 Å². The Hall–Kier alpha value is -2.08. The Bertz CT molecular complexity index is 704. The van der Waals surface area contributed by atoms with E-state index in [1.807, 2.05) is 0 Å². The number of benzene rings is 2. The molecule has 0 heteroatoms. The van der Waals surface area contributed by atoms with E-state index in [0.717, 1.165) is 5.92 Å². The van der Waals surface area contributed by atoms with Crippen LogP contribution in [0.4, 0.5) is 0 Å². The Morgan fingerprint density at radius 1 is 0.950 bits per heavy atom. The fourth-order valence-corrected chi connectivity index (χ4v) is 3.53. The Kier molecular flexibility index (Phi) is 2.63. The zero-order valence-corrected chi connectivity index (χ0v) is 11.7. The first-order valence-corrected chi connectivity index (χ1v) is 7.40. The lowest BCUT2D eigenvalue weighted by Crippen LogP contribution is -2.26. The summed E-state index contributed by atoms with van der Waals surface area (Å²) >= 11 is 0. The van der Waals surface area contributed by atoms with E-state index in [1.165, 1.54) is 28.7 Å². The zero-order chi connectivity index (χ0) is 13.5. The van der Waals surface area contributed by atoms with Crippen LogP contribution in [-0.4, -0.2) is 0 Å². The molecule has 1 fully saturated rings. The van der Waals surface area contributed by atoms with Gasteiger partial charge in [-0.3, -0.25) is 0 Å². The summed E-state index contributed by atoms with van der Waals surface area (Å²) in [5.74, 6) is 1.42. The molecular formula is C20H18. The largest absolute Gasteiger partial charge is 0.0622 e. The molecule has 0 amide bonds. The van der Waals surface area contributed by atoms with Crippen LogP contribution in [0.25, 0.3) is 11.6 Å². The van der Waals surface area contributed by atoms with Gasteiger partial charge in [-0.15, -0.1) is 0 Å². The van der Waals surface area contributed by atoms with Crippen molar-refractivity contribution in [2.24, 2.45) is 5.92 Å². The number of fused-ring (bicyclic) bond motifs is 3. The van der Waals surface area contributed by atoms with Crippen molar-refractivity contribution in [2.75, 3.05) is 0 Å². The summed E-state index contributed by atoms with van der Waals surface area (Å²) in [5, 5.41) is 0. The minimum Gasteiger partial charge on any atom is -0.0622 e. The molecule has 0 N–H and O–H groups in total. The predicted octanol–water partition coefficient (Wildman–Crippen LogP) is 5.29. The molecule has 2 atom stereocenters. The number of rotatable bonds is 1. The molecule has 1 saturated carbocycles. The van der Waals surface area contributed by atoms with Gasteiger partial charge in [-0.1, -0.05) is 73.2 Å². The van der Waals surface area contributed by atoms with Gasteiger partial charge in [-0.25, -0.2) is 0 Å². The molecule has 2 aliphatic carbocycles. The van der Waals surface area contributed by atoms with E-state index in [-0.39, 0.29) is 0 Å². The maximum atomic E-state index is 2.42. The summed E-state index contributed by atoms with van der Waals surface area (Å²) in [6, 6.07) is 19.5. The molecule has 2 aromatic carbocycles. The van der Waals surface area contributed by atoms with Crippen molar-refractivity contribution in [1.82, 2.24) is 0 Å². The third kappa shape index (κ3) is 1.76. The molecule has 4 rings (SSSR count). The quantitative estimate of drug-likeness (QED) is 0.652. The minimum atomic E-state index is 0.675. The minimum absolute atomic E-state index is 0.675. The molecule has 0 heterocycles. The summed E-state index contributed by atoms with van der Waals surface area (Å²) in [6.07, 6.45) is 6.04. The van der Waals surface area contributed by atoms with Crippen molar-refractivity contribution in [2.45, 2.75) is 19.3 Å². The highest BCUT2D eigenvalue weighted by Gasteiger charge is 2.37. The van der Waals surface area contributed by atoms with Crippen LogP contribution in [0, 0.1) is 5.92 Å². The standard InChI is InChI=1S/C20H18/c1-14-11-20-18-10-6-5-9-17(18)16(13-19(14)20)12-15-7-3-2-4-8-15/h2-10,12-14,20H,11H2,1H3. The van der Waals surface area contributed by atoms with Crippen LogP contribution >= 0.6 is 0 Å². The van der Waals surface area contributed by atoms with Crippen molar-refractivity contribution in [1.29, 1.82) is 0 Å². The molecule has 0 spiro atoms. The second-order valence-corrected chi connectivity index (χ2v) is 5.93. The Morgan fingerprint density at radius 2 is 1.70 bits per heavy atom. The SMILES string of the molecule is CC1CC2C1=CC(=Cc1ccccc1)c1ccccc12. The van der Waals surface area contributed by atoms with Crippen LogP contribution in [0.1, 0.15) is 36.0 Å². The van der Waals surface area contributed by atoms with Crippen molar-refractivity contribution < 1.29 is 0 Å². The molecule has 0 aromatic heterocycles. The highest BCUT2D eigenvalue weighted by atomic mass is 14.4. The third-order valence-corrected chi connectivity index (χ3v) is 4.65. The molecule has 0 radical (unpaired) electrons. The molecule has 0 saturated heterocycles. The Morgan fingerprint density at radius 3 is 2.50 bits per heavy atom. The van der Waals surface area contributed by atoms with Crippen LogP contribution in [0.15, 0.2) is 66.2 Å². The van der Waals surface area contributed by atoms with Gasteiger partial charge in [0.2, 0.25) is 0 Å². The molecule has 0 nitrogen and oxygen atoms in total. The van der Waals surface area contributed by atoms with Crippen LogP contribution in [0.5, 0.6) is 0 Å². The molecule has 20 heavy (non-hydrogen) atoms. The lowest BCUT2D eigenvalue weighted by Gasteiger charge is -2.41. The average molecular weight is 258 g/mol. The molecule has 98 valence electrons. The van der Waals surface area contributed by atoms with Crippen molar-refractivity contribution in [3.05, 3.63) is 82.9 Å². The molecular weight excluding hydrogens is 240 g/mol. The normalized spacial score (nSPS) is 25.4. The van der Waals surface area contributed by atoms with Gasteiger partial charge in [-0.2, -0.15) is 0 Å². The maximum Gasteiger partial charge on any atom is 0.00659 e. The second-order valence-electron chi connectivity index (χ2n) is 5.93. The van der Waals surface area contributed by atoms with Crippen LogP contribution < -0.4 is 0 Å². The van der Waals surface area contributed by atoms with Crippen molar-refractivity contribution >= 4 is 11.6 Å². The van der Waals surface area contributed by atoms with Gasteiger partial charge in [0, 0.05) is 5.92 Å².